The van der Waals surface area contributed by atoms with E-state index in [1.165, 1.54) is 0 Å². The molecule has 4 aromatic rings. The molecule has 5 nitrogen and oxygen atoms in total. The molecule has 1 amide bonds. The van der Waals surface area contributed by atoms with Gasteiger partial charge in [0.25, 0.3) is 5.91 Å². The van der Waals surface area contributed by atoms with Crippen molar-refractivity contribution in [1.29, 1.82) is 0 Å². The molecule has 0 radical (unpaired) electrons. The van der Waals surface area contributed by atoms with E-state index in [4.69, 9.17) is 14.5 Å². The van der Waals surface area contributed by atoms with E-state index in [9.17, 15) is 4.79 Å². The van der Waals surface area contributed by atoms with Crippen LogP contribution in [-0.2, 0) is 0 Å². The minimum absolute atomic E-state index is 0.214. The van der Waals surface area contributed by atoms with Gasteiger partial charge in [0.15, 0.2) is 0 Å². The lowest BCUT2D eigenvalue weighted by atomic mass is 10.0. The number of halogens is 1. The average Bonchev–Trinajstić information content (AvgIpc) is 2.79. The Hall–Kier alpha value is -3.38. The zero-order chi connectivity index (χ0) is 21.1. The molecule has 0 atom stereocenters. The molecule has 0 spiro atoms. The van der Waals surface area contributed by atoms with Gasteiger partial charge in [0, 0.05) is 21.5 Å². The summed E-state index contributed by atoms with van der Waals surface area (Å²) in [7, 11) is 3.20. The molecule has 30 heavy (non-hydrogen) atoms. The van der Waals surface area contributed by atoms with Crippen molar-refractivity contribution < 1.29 is 14.3 Å². The van der Waals surface area contributed by atoms with Crippen LogP contribution in [0.2, 0.25) is 0 Å². The molecule has 0 aliphatic rings. The number of hydrogen-bond donors (Lipinski definition) is 1. The minimum Gasteiger partial charge on any atom is -0.497 e. The maximum absolute atomic E-state index is 13.2. The maximum Gasteiger partial charge on any atom is 0.256 e. The van der Waals surface area contributed by atoms with Gasteiger partial charge >= 0.3 is 0 Å². The number of aromatic nitrogens is 1. The van der Waals surface area contributed by atoms with E-state index in [1.807, 2.05) is 60.7 Å². The second-order valence-corrected chi connectivity index (χ2v) is 7.43. The summed E-state index contributed by atoms with van der Waals surface area (Å²) < 4.78 is 11.6. The van der Waals surface area contributed by atoms with Gasteiger partial charge in [-0.2, -0.15) is 0 Å². The zero-order valence-corrected chi connectivity index (χ0v) is 18.1. The van der Waals surface area contributed by atoms with Crippen molar-refractivity contribution in [1.82, 2.24) is 4.98 Å². The molecule has 0 aliphatic heterocycles. The molecule has 1 heterocycles. The van der Waals surface area contributed by atoms with Crippen LogP contribution in [0.5, 0.6) is 11.5 Å². The second-order valence-electron chi connectivity index (χ2n) is 6.57. The first kappa shape index (κ1) is 19.9. The van der Waals surface area contributed by atoms with Crippen LogP contribution in [0.1, 0.15) is 10.4 Å². The number of ether oxygens (including phenoxy) is 2. The largest absolute Gasteiger partial charge is 0.497 e. The third kappa shape index (κ3) is 3.86. The fourth-order valence-corrected chi connectivity index (χ4v) is 3.65. The number of benzene rings is 3. The SMILES string of the molecule is COc1ccc(-c2cc(C(=O)Nc3ccccc3Br)c3ccccc3n2)c(OC)c1. The number of amides is 1. The summed E-state index contributed by atoms with van der Waals surface area (Å²) in [6, 6.07) is 22.4. The fraction of sp³-hybridized carbons (Fsp3) is 0.0833. The molecular weight excluding hydrogens is 444 g/mol. The fourth-order valence-electron chi connectivity index (χ4n) is 3.26. The highest BCUT2D eigenvalue weighted by atomic mass is 79.9. The summed E-state index contributed by atoms with van der Waals surface area (Å²) in [6.45, 7) is 0. The zero-order valence-electron chi connectivity index (χ0n) is 16.5. The number of nitrogens with zero attached hydrogens (tertiary/aromatic N) is 1. The Kier molecular flexibility index (Phi) is 5.68. The lowest BCUT2D eigenvalue weighted by molar-refractivity contribution is 0.102. The van der Waals surface area contributed by atoms with Gasteiger partial charge in [-0.25, -0.2) is 4.98 Å². The van der Waals surface area contributed by atoms with Gasteiger partial charge in [0.1, 0.15) is 11.5 Å². The highest BCUT2D eigenvalue weighted by Gasteiger charge is 2.17. The quantitative estimate of drug-likeness (QED) is 0.398. The summed E-state index contributed by atoms with van der Waals surface area (Å²) in [5.74, 6) is 1.09. The van der Waals surface area contributed by atoms with Gasteiger partial charge in [-0.3, -0.25) is 4.79 Å². The molecule has 1 aromatic heterocycles. The molecule has 0 fully saturated rings. The van der Waals surface area contributed by atoms with E-state index in [2.05, 4.69) is 21.2 Å². The van der Waals surface area contributed by atoms with Crippen molar-refractivity contribution in [3.05, 3.63) is 82.8 Å². The number of nitrogens with one attached hydrogen (secondary N) is 1. The monoisotopic (exact) mass is 462 g/mol. The van der Waals surface area contributed by atoms with Crippen LogP contribution >= 0.6 is 15.9 Å². The van der Waals surface area contributed by atoms with E-state index in [1.54, 1.807) is 26.4 Å². The summed E-state index contributed by atoms with van der Waals surface area (Å²) in [6.07, 6.45) is 0. The van der Waals surface area contributed by atoms with Crippen molar-refractivity contribution in [3.63, 3.8) is 0 Å². The Morgan fingerprint density at radius 2 is 1.70 bits per heavy atom. The molecule has 1 N–H and O–H groups in total. The predicted octanol–water partition coefficient (Wildman–Crippen LogP) is 5.93. The number of methoxy groups -OCH3 is 2. The molecular formula is C24H19BrN2O3. The number of anilines is 1. The van der Waals surface area contributed by atoms with Crippen molar-refractivity contribution >= 4 is 38.4 Å². The smallest absolute Gasteiger partial charge is 0.256 e. The summed E-state index contributed by atoms with van der Waals surface area (Å²) in [4.78, 5) is 18.0. The predicted molar refractivity (Wildman–Crippen MR) is 122 cm³/mol. The van der Waals surface area contributed by atoms with E-state index in [0.717, 1.165) is 20.9 Å². The van der Waals surface area contributed by atoms with Crippen molar-refractivity contribution in [2.45, 2.75) is 0 Å². The van der Waals surface area contributed by atoms with Gasteiger partial charge in [0.2, 0.25) is 0 Å². The topological polar surface area (TPSA) is 60.5 Å². The molecule has 150 valence electrons. The first-order chi connectivity index (χ1) is 14.6. The van der Waals surface area contributed by atoms with E-state index in [0.29, 0.717) is 28.4 Å². The van der Waals surface area contributed by atoms with Crippen molar-refractivity contribution in [2.24, 2.45) is 0 Å². The van der Waals surface area contributed by atoms with Crippen LogP contribution in [0.25, 0.3) is 22.2 Å². The number of fused-ring (bicyclic) bond motifs is 1. The van der Waals surface area contributed by atoms with Crippen molar-refractivity contribution in [2.75, 3.05) is 19.5 Å². The van der Waals surface area contributed by atoms with Gasteiger partial charge in [-0.15, -0.1) is 0 Å². The first-order valence-corrected chi connectivity index (χ1v) is 10.1. The number of carbonyl (C=O) groups is 1. The van der Waals surface area contributed by atoms with E-state index >= 15 is 0 Å². The lowest BCUT2D eigenvalue weighted by Crippen LogP contribution is -2.13. The summed E-state index contributed by atoms with van der Waals surface area (Å²) in [5, 5.41) is 3.76. The summed E-state index contributed by atoms with van der Waals surface area (Å²) in [5.41, 5.74) is 3.38. The third-order valence-corrected chi connectivity index (χ3v) is 5.46. The van der Waals surface area contributed by atoms with Crippen LogP contribution in [0, 0.1) is 0 Å². The Bertz CT molecular complexity index is 1240. The van der Waals surface area contributed by atoms with Crippen molar-refractivity contribution in [3.8, 4) is 22.8 Å². The van der Waals surface area contributed by atoms with Crippen LogP contribution in [0.3, 0.4) is 0 Å². The molecule has 4 rings (SSSR count). The van der Waals surface area contributed by atoms with E-state index < -0.39 is 0 Å². The van der Waals surface area contributed by atoms with Gasteiger partial charge < -0.3 is 14.8 Å². The normalized spacial score (nSPS) is 10.6. The highest BCUT2D eigenvalue weighted by molar-refractivity contribution is 9.10. The number of para-hydroxylation sites is 2. The Balaban J connectivity index is 1.85. The lowest BCUT2D eigenvalue weighted by Gasteiger charge is -2.14. The standard InChI is InChI=1S/C24H19BrN2O3/c1-29-15-11-12-17(23(13-15)30-2)22-14-18(16-7-3-5-9-20(16)26-22)24(28)27-21-10-6-4-8-19(21)25/h3-14H,1-2H3,(H,27,28). The third-order valence-electron chi connectivity index (χ3n) is 4.77. The number of hydrogen-bond acceptors (Lipinski definition) is 4. The van der Waals surface area contributed by atoms with Gasteiger partial charge in [-0.1, -0.05) is 30.3 Å². The molecule has 0 bridgehead atoms. The van der Waals surface area contributed by atoms with Crippen LogP contribution in [-0.4, -0.2) is 25.1 Å². The highest BCUT2D eigenvalue weighted by Crippen LogP contribution is 2.34. The molecule has 0 unspecified atom stereocenters. The molecule has 0 saturated heterocycles. The van der Waals surface area contributed by atoms with Gasteiger partial charge in [-0.05, 0) is 52.3 Å². The Morgan fingerprint density at radius 3 is 2.47 bits per heavy atom. The Labute approximate surface area is 182 Å². The van der Waals surface area contributed by atoms with Crippen LogP contribution in [0.15, 0.2) is 77.3 Å². The maximum atomic E-state index is 13.2. The van der Waals surface area contributed by atoms with E-state index in [-0.39, 0.29) is 5.91 Å². The molecule has 6 heteroatoms. The average molecular weight is 463 g/mol. The van der Waals surface area contributed by atoms with Gasteiger partial charge in [0.05, 0.1) is 36.7 Å². The van der Waals surface area contributed by atoms with Crippen LogP contribution in [0.4, 0.5) is 5.69 Å². The first-order valence-electron chi connectivity index (χ1n) is 9.29. The number of carbonyl (C=O) groups excluding carboxylic acids is 1. The molecule has 3 aromatic carbocycles. The van der Waals surface area contributed by atoms with Crippen LogP contribution < -0.4 is 14.8 Å². The minimum atomic E-state index is -0.214. The Morgan fingerprint density at radius 1 is 0.933 bits per heavy atom. The molecule has 0 aliphatic carbocycles. The number of rotatable bonds is 5. The number of pyridine rings is 1. The second kappa shape index (κ2) is 8.55. The summed E-state index contributed by atoms with van der Waals surface area (Å²) >= 11 is 3.48. The molecule has 0 saturated carbocycles.